The van der Waals surface area contributed by atoms with Crippen molar-refractivity contribution in [3.63, 3.8) is 0 Å². The van der Waals surface area contributed by atoms with Crippen molar-refractivity contribution in [2.75, 3.05) is 6.61 Å². The predicted octanol–water partition coefficient (Wildman–Crippen LogP) is -0.414. The molecule has 0 saturated carbocycles. The highest BCUT2D eigenvalue weighted by molar-refractivity contribution is 6.29. The summed E-state index contributed by atoms with van der Waals surface area (Å²) in [5.74, 6) is 0.480. The Morgan fingerprint density at radius 1 is 1.50 bits per heavy atom. The summed E-state index contributed by atoms with van der Waals surface area (Å²) in [5, 5.41) is 19.4. The quantitative estimate of drug-likeness (QED) is 0.650. The first-order chi connectivity index (χ1) is 9.52. The molecule has 0 bridgehead atoms. The molecule has 3 rings (SSSR count). The van der Waals surface area contributed by atoms with Crippen molar-refractivity contribution in [2.45, 2.75) is 31.8 Å². The fourth-order valence-corrected chi connectivity index (χ4v) is 2.47. The summed E-state index contributed by atoms with van der Waals surface area (Å²) in [6.45, 7) is 1.82. The minimum Gasteiger partial charge on any atom is -0.388 e. The Morgan fingerprint density at radius 3 is 2.85 bits per heavy atom. The van der Waals surface area contributed by atoms with Crippen LogP contribution in [0.5, 0.6) is 0 Å². The molecule has 2 aromatic heterocycles. The van der Waals surface area contributed by atoms with Gasteiger partial charge in [0.1, 0.15) is 18.0 Å². The van der Waals surface area contributed by atoms with Gasteiger partial charge in [0.15, 0.2) is 17.4 Å². The van der Waals surface area contributed by atoms with Crippen molar-refractivity contribution in [3.05, 3.63) is 21.5 Å². The predicted molar refractivity (Wildman–Crippen MR) is 69.5 cm³/mol. The number of aryl methyl sites for hydroxylation is 1. The van der Waals surface area contributed by atoms with Crippen LogP contribution < -0.4 is 5.56 Å². The molecule has 0 spiro atoms. The molecule has 20 heavy (non-hydrogen) atoms. The van der Waals surface area contributed by atoms with Crippen LogP contribution in [-0.4, -0.2) is 48.5 Å². The number of hydrogen-bond donors (Lipinski definition) is 3. The zero-order valence-electron chi connectivity index (χ0n) is 10.6. The monoisotopic (exact) mass is 300 g/mol. The van der Waals surface area contributed by atoms with Gasteiger partial charge in [0.2, 0.25) is 5.28 Å². The van der Waals surface area contributed by atoms with Gasteiger partial charge < -0.3 is 19.9 Å². The third-order valence-electron chi connectivity index (χ3n) is 3.27. The van der Waals surface area contributed by atoms with Gasteiger partial charge in [0, 0.05) is 6.42 Å². The number of H-pyrrole nitrogens is 1. The van der Waals surface area contributed by atoms with Crippen molar-refractivity contribution in [1.29, 1.82) is 0 Å². The number of aromatic amines is 1. The van der Waals surface area contributed by atoms with E-state index in [1.54, 1.807) is 0 Å². The maximum Gasteiger partial charge on any atom is 0.279 e. The molecule has 3 N–H and O–H groups in total. The molecule has 3 atom stereocenters. The molecule has 2 aromatic rings. The van der Waals surface area contributed by atoms with Crippen molar-refractivity contribution in [3.8, 4) is 0 Å². The molecule has 0 aliphatic carbocycles. The zero-order valence-corrected chi connectivity index (χ0v) is 11.3. The molecule has 8 nitrogen and oxygen atoms in total. The molecule has 0 amide bonds. The van der Waals surface area contributed by atoms with Crippen LogP contribution in [0.4, 0.5) is 0 Å². The van der Waals surface area contributed by atoms with E-state index in [1.807, 2.05) is 6.92 Å². The van der Waals surface area contributed by atoms with Gasteiger partial charge in [-0.1, -0.05) is 6.92 Å². The first-order valence-corrected chi connectivity index (χ1v) is 6.55. The molecule has 1 aliphatic heterocycles. The second kappa shape index (κ2) is 4.81. The van der Waals surface area contributed by atoms with Crippen LogP contribution in [0.3, 0.4) is 0 Å². The SMILES string of the molecule is CCc1nc2c(nc(Cl)n2C2OCC(O)C2O)c(=O)[nH]1. The number of rotatable bonds is 2. The summed E-state index contributed by atoms with van der Waals surface area (Å²) in [7, 11) is 0. The van der Waals surface area contributed by atoms with E-state index in [0.29, 0.717) is 12.2 Å². The van der Waals surface area contributed by atoms with Crippen LogP contribution in [0.1, 0.15) is 19.0 Å². The third-order valence-corrected chi connectivity index (χ3v) is 3.54. The Balaban J connectivity index is 2.22. The minimum atomic E-state index is -1.16. The van der Waals surface area contributed by atoms with Crippen molar-refractivity contribution >= 4 is 22.8 Å². The van der Waals surface area contributed by atoms with Gasteiger partial charge in [-0.3, -0.25) is 9.36 Å². The summed E-state index contributed by atoms with van der Waals surface area (Å²) in [4.78, 5) is 22.7. The number of nitrogens with one attached hydrogen (secondary N) is 1. The van der Waals surface area contributed by atoms with Crippen molar-refractivity contribution < 1.29 is 14.9 Å². The Labute approximate surface area is 118 Å². The molecule has 1 saturated heterocycles. The van der Waals surface area contributed by atoms with E-state index in [1.165, 1.54) is 4.57 Å². The van der Waals surface area contributed by atoms with Gasteiger partial charge in [0.05, 0.1) is 6.61 Å². The number of hydrogen-bond acceptors (Lipinski definition) is 6. The molecule has 9 heteroatoms. The number of halogens is 1. The van der Waals surface area contributed by atoms with Gasteiger partial charge in [0.25, 0.3) is 5.56 Å². The van der Waals surface area contributed by atoms with E-state index in [-0.39, 0.29) is 23.1 Å². The molecular weight excluding hydrogens is 288 g/mol. The standard InChI is InChI=1S/C11H13ClN4O4/c1-2-5-13-8-6(9(19)14-5)15-11(12)16(8)10-7(18)4(17)3-20-10/h4,7,10,17-18H,2-3H2,1H3,(H,13,14,19). The Bertz CT molecular complexity index is 712. The summed E-state index contributed by atoms with van der Waals surface area (Å²) < 4.78 is 6.64. The maximum atomic E-state index is 11.9. The van der Waals surface area contributed by atoms with Crippen LogP contribution in [0.25, 0.3) is 11.2 Å². The summed E-state index contributed by atoms with van der Waals surface area (Å²) in [6.07, 6.45) is -2.55. The van der Waals surface area contributed by atoms with Gasteiger partial charge in [-0.05, 0) is 11.6 Å². The lowest BCUT2D eigenvalue weighted by atomic mass is 10.2. The van der Waals surface area contributed by atoms with Gasteiger partial charge in [-0.15, -0.1) is 0 Å². The lowest BCUT2D eigenvalue weighted by molar-refractivity contribution is -0.0161. The average molecular weight is 301 g/mol. The molecule has 1 fully saturated rings. The highest BCUT2D eigenvalue weighted by atomic mass is 35.5. The Kier molecular flexibility index (Phi) is 3.25. The number of aromatic nitrogens is 4. The minimum absolute atomic E-state index is 0.0222. The number of aliphatic hydroxyl groups is 2. The summed E-state index contributed by atoms with van der Waals surface area (Å²) >= 11 is 6.01. The third kappa shape index (κ3) is 1.92. The summed E-state index contributed by atoms with van der Waals surface area (Å²) in [6, 6.07) is 0. The number of imidazole rings is 1. The van der Waals surface area contributed by atoms with E-state index in [2.05, 4.69) is 15.0 Å². The zero-order chi connectivity index (χ0) is 14.4. The molecule has 3 unspecified atom stereocenters. The molecular formula is C11H13ClN4O4. The molecule has 0 aromatic carbocycles. The van der Waals surface area contributed by atoms with Gasteiger partial charge in [-0.2, -0.15) is 0 Å². The highest BCUT2D eigenvalue weighted by Gasteiger charge is 2.38. The van der Waals surface area contributed by atoms with E-state index in [4.69, 9.17) is 16.3 Å². The number of fused-ring (bicyclic) bond motifs is 1. The van der Waals surface area contributed by atoms with Crippen LogP contribution in [0, 0.1) is 0 Å². The fourth-order valence-electron chi connectivity index (χ4n) is 2.21. The van der Waals surface area contributed by atoms with Gasteiger partial charge in [-0.25, -0.2) is 9.97 Å². The average Bonchev–Trinajstić information content (AvgIpc) is 2.91. The maximum absolute atomic E-state index is 11.9. The molecule has 108 valence electrons. The van der Waals surface area contributed by atoms with Gasteiger partial charge >= 0.3 is 0 Å². The lowest BCUT2D eigenvalue weighted by Crippen LogP contribution is -2.28. The van der Waals surface area contributed by atoms with E-state index in [9.17, 15) is 15.0 Å². The first-order valence-electron chi connectivity index (χ1n) is 6.17. The highest BCUT2D eigenvalue weighted by Crippen LogP contribution is 2.30. The van der Waals surface area contributed by atoms with Crippen LogP contribution in [0.2, 0.25) is 5.28 Å². The second-order valence-corrected chi connectivity index (χ2v) is 4.91. The molecule has 0 radical (unpaired) electrons. The number of aliphatic hydroxyl groups excluding tert-OH is 2. The second-order valence-electron chi connectivity index (χ2n) is 4.57. The smallest absolute Gasteiger partial charge is 0.279 e. The van der Waals surface area contributed by atoms with Crippen LogP contribution >= 0.6 is 11.6 Å². The number of ether oxygens (including phenoxy) is 1. The van der Waals surface area contributed by atoms with Crippen molar-refractivity contribution in [1.82, 2.24) is 19.5 Å². The normalized spacial score (nSPS) is 26.5. The van der Waals surface area contributed by atoms with E-state index >= 15 is 0 Å². The van der Waals surface area contributed by atoms with Crippen LogP contribution in [-0.2, 0) is 11.2 Å². The molecule has 1 aliphatic rings. The largest absolute Gasteiger partial charge is 0.388 e. The topological polar surface area (TPSA) is 113 Å². The van der Waals surface area contributed by atoms with Crippen LogP contribution in [0.15, 0.2) is 4.79 Å². The Hall–Kier alpha value is -1.48. The van der Waals surface area contributed by atoms with E-state index in [0.717, 1.165) is 0 Å². The molecule has 3 heterocycles. The van der Waals surface area contributed by atoms with E-state index < -0.39 is 24.0 Å². The fraction of sp³-hybridized carbons (Fsp3) is 0.545. The van der Waals surface area contributed by atoms with Crippen molar-refractivity contribution in [2.24, 2.45) is 0 Å². The Morgan fingerprint density at radius 2 is 2.25 bits per heavy atom. The number of nitrogens with zero attached hydrogens (tertiary/aromatic N) is 3. The lowest BCUT2D eigenvalue weighted by Gasteiger charge is -2.17. The summed E-state index contributed by atoms with van der Waals surface area (Å²) in [5.41, 5.74) is -0.0984. The first kappa shape index (κ1) is 13.5.